The van der Waals surface area contributed by atoms with Gasteiger partial charge in [-0.2, -0.15) is 0 Å². The standard InChI is InChI=1S/C13H14BrN3/c1-8-4-9(2)6-11(5-8)17-13-7-12(14)15-10(3)16-13/h4-7H,1-3H3,(H,15,16,17). The Kier molecular flexibility index (Phi) is 3.43. The largest absolute Gasteiger partial charge is 0.340 e. The van der Waals surface area contributed by atoms with Crippen molar-refractivity contribution in [2.24, 2.45) is 0 Å². The van der Waals surface area contributed by atoms with Gasteiger partial charge < -0.3 is 5.32 Å². The molecule has 0 radical (unpaired) electrons. The lowest BCUT2D eigenvalue weighted by Crippen LogP contribution is -1.98. The summed E-state index contributed by atoms with van der Waals surface area (Å²) < 4.78 is 0.789. The van der Waals surface area contributed by atoms with Gasteiger partial charge in [-0.05, 0) is 60.0 Å². The minimum atomic E-state index is 0.742. The van der Waals surface area contributed by atoms with Crippen molar-refractivity contribution in [2.45, 2.75) is 20.8 Å². The Balaban J connectivity index is 2.31. The summed E-state index contributed by atoms with van der Waals surface area (Å²) in [6, 6.07) is 8.20. The van der Waals surface area contributed by atoms with Crippen LogP contribution in [0.2, 0.25) is 0 Å². The maximum atomic E-state index is 4.34. The highest BCUT2D eigenvalue weighted by atomic mass is 79.9. The lowest BCUT2D eigenvalue weighted by atomic mass is 10.1. The van der Waals surface area contributed by atoms with Gasteiger partial charge in [-0.1, -0.05) is 6.07 Å². The van der Waals surface area contributed by atoms with Crippen LogP contribution >= 0.6 is 15.9 Å². The molecule has 0 bridgehead atoms. The maximum Gasteiger partial charge on any atom is 0.135 e. The Morgan fingerprint density at radius 2 is 1.59 bits per heavy atom. The summed E-state index contributed by atoms with van der Waals surface area (Å²) in [5.74, 6) is 1.54. The number of hydrogen-bond acceptors (Lipinski definition) is 3. The molecular weight excluding hydrogens is 278 g/mol. The molecule has 1 aromatic heterocycles. The van der Waals surface area contributed by atoms with E-state index in [4.69, 9.17) is 0 Å². The van der Waals surface area contributed by atoms with Gasteiger partial charge in [0.05, 0.1) is 0 Å². The molecule has 2 rings (SSSR count). The third kappa shape index (κ3) is 3.27. The number of halogens is 1. The molecule has 0 aliphatic rings. The van der Waals surface area contributed by atoms with Gasteiger partial charge in [-0.15, -0.1) is 0 Å². The van der Waals surface area contributed by atoms with Crippen LogP contribution < -0.4 is 5.32 Å². The first-order valence-electron chi connectivity index (χ1n) is 5.39. The van der Waals surface area contributed by atoms with Crippen LogP contribution in [-0.2, 0) is 0 Å². The van der Waals surface area contributed by atoms with E-state index >= 15 is 0 Å². The second kappa shape index (κ2) is 4.84. The van der Waals surface area contributed by atoms with Gasteiger partial charge in [-0.25, -0.2) is 9.97 Å². The van der Waals surface area contributed by atoms with Gasteiger partial charge >= 0.3 is 0 Å². The zero-order valence-corrected chi connectivity index (χ0v) is 11.7. The molecule has 3 nitrogen and oxygen atoms in total. The molecule has 88 valence electrons. The van der Waals surface area contributed by atoms with Crippen LogP contribution in [0.4, 0.5) is 11.5 Å². The Morgan fingerprint density at radius 1 is 0.941 bits per heavy atom. The van der Waals surface area contributed by atoms with E-state index in [2.05, 4.69) is 63.3 Å². The highest BCUT2D eigenvalue weighted by Crippen LogP contribution is 2.20. The zero-order chi connectivity index (χ0) is 12.4. The van der Waals surface area contributed by atoms with Crippen LogP contribution in [0.5, 0.6) is 0 Å². The summed E-state index contributed by atoms with van der Waals surface area (Å²) in [6.45, 7) is 6.04. The van der Waals surface area contributed by atoms with Crippen LogP contribution in [-0.4, -0.2) is 9.97 Å². The fourth-order valence-corrected chi connectivity index (χ4v) is 2.26. The molecule has 1 aromatic carbocycles. The molecule has 0 fully saturated rings. The van der Waals surface area contributed by atoms with E-state index in [0.29, 0.717) is 0 Å². The van der Waals surface area contributed by atoms with Crippen LogP contribution in [0.15, 0.2) is 28.9 Å². The predicted molar refractivity (Wildman–Crippen MR) is 73.7 cm³/mol. The van der Waals surface area contributed by atoms with Gasteiger partial charge in [0, 0.05) is 11.8 Å². The first-order valence-corrected chi connectivity index (χ1v) is 6.19. The van der Waals surface area contributed by atoms with Crippen LogP contribution in [0.1, 0.15) is 17.0 Å². The molecule has 0 spiro atoms. The molecular formula is C13H14BrN3. The van der Waals surface area contributed by atoms with E-state index in [1.807, 2.05) is 13.0 Å². The van der Waals surface area contributed by atoms with Crippen molar-refractivity contribution in [2.75, 3.05) is 5.32 Å². The normalized spacial score (nSPS) is 10.4. The quantitative estimate of drug-likeness (QED) is 0.853. The van der Waals surface area contributed by atoms with E-state index in [1.54, 1.807) is 0 Å². The van der Waals surface area contributed by atoms with Crippen LogP contribution in [0.25, 0.3) is 0 Å². The molecule has 2 aromatic rings. The molecule has 0 saturated heterocycles. The minimum absolute atomic E-state index is 0.742. The van der Waals surface area contributed by atoms with E-state index in [-0.39, 0.29) is 0 Å². The number of benzene rings is 1. The van der Waals surface area contributed by atoms with E-state index in [1.165, 1.54) is 11.1 Å². The smallest absolute Gasteiger partial charge is 0.135 e. The number of rotatable bonds is 2. The molecule has 0 atom stereocenters. The fraction of sp³-hybridized carbons (Fsp3) is 0.231. The predicted octanol–water partition coefficient (Wildman–Crippen LogP) is 3.91. The van der Waals surface area contributed by atoms with E-state index in [9.17, 15) is 0 Å². The number of anilines is 2. The Morgan fingerprint density at radius 3 is 2.18 bits per heavy atom. The minimum Gasteiger partial charge on any atom is -0.340 e. The number of aromatic nitrogens is 2. The Labute approximate surface area is 109 Å². The number of nitrogens with one attached hydrogen (secondary N) is 1. The Hall–Kier alpha value is -1.42. The summed E-state index contributed by atoms with van der Waals surface area (Å²) in [7, 11) is 0. The van der Waals surface area contributed by atoms with Crippen molar-refractivity contribution in [3.8, 4) is 0 Å². The number of hydrogen-bond donors (Lipinski definition) is 1. The highest BCUT2D eigenvalue weighted by molar-refractivity contribution is 9.10. The zero-order valence-electron chi connectivity index (χ0n) is 10.1. The summed E-state index contributed by atoms with van der Waals surface area (Å²) >= 11 is 3.36. The average molecular weight is 292 g/mol. The van der Waals surface area contributed by atoms with Gasteiger partial charge in [0.15, 0.2) is 0 Å². The first-order chi connectivity index (χ1) is 8.02. The molecule has 17 heavy (non-hydrogen) atoms. The summed E-state index contributed by atoms with van der Waals surface area (Å²) in [6.07, 6.45) is 0. The lowest BCUT2D eigenvalue weighted by Gasteiger charge is -2.08. The molecule has 0 aliphatic carbocycles. The van der Waals surface area contributed by atoms with Gasteiger partial charge in [-0.3, -0.25) is 0 Å². The van der Waals surface area contributed by atoms with Crippen LogP contribution in [0.3, 0.4) is 0 Å². The molecule has 4 heteroatoms. The summed E-state index contributed by atoms with van der Waals surface area (Å²) in [5.41, 5.74) is 3.52. The Bertz CT molecular complexity index is 462. The van der Waals surface area contributed by atoms with Gasteiger partial charge in [0.25, 0.3) is 0 Å². The van der Waals surface area contributed by atoms with Crippen molar-refractivity contribution in [3.05, 3.63) is 45.8 Å². The molecule has 1 heterocycles. The lowest BCUT2D eigenvalue weighted by molar-refractivity contribution is 1.04. The van der Waals surface area contributed by atoms with Crippen molar-refractivity contribution >= 4 is 27.4 Å². The fourth-order valence-electron chi connectivity index (χ4n) is 1.79. The third-order valence-corrected chi connectivity index (χ3v) is 2.71. The molecule has 0 saturated carbocycles. The molecule has 0 amide bonds. The van der Waals surface area contributed by atoms with Crippen LogP contribution in [0, 0.1) is 20.8 Å². The second-order valence-electron chi connectivity index (χ2n) is 4.12. The van der Waals surface area contributed by atoms with Crippen molar-refractivity contribution < 1.29 is 0 Å². The molecule has 0 aliphatic heterocycles. The number of nitrogens with zero attached hydrogens (tertiary/aromatic N) is 2. The van der Waals surface area contributed by atoms with Crippen molar-refractivity contribution in [3.63, 3.8) is 0 Å². The first kappa shape index (κ1) is 12.0. The molecule has 0 unspecified atom stereocenters. The second-order valence-corrected chi connectivity index (χ2v) is 4.94. The van der Waals surface area contributed by atoms with Crippen molar-refractivity contribution in [1.29, 1.82) is 0 Å². The monoisotopic (exact) mass is 291 g/mol. The summed E-state index contributed by atoms with van der Waals surface area (Å²) in [5, 5.41) is 3.29. The number of aryl methyl sites for hydroxylation is 3. The SMILES string of the molecule is Cc1cc(C)cc(Nc2cc(Br)nc(C)n2)c1. The van der Waals surface area contributed by atoms with Gasteiger partial charge in [0.2, 0.25) is 0 Å². The maximum absolute atomic E-state index is 4.34. The topological polar surface area (TPSA) is 37.8 Å². The van der Waals surface area contributed by atoms with E-state index < -0.39 is 0 Å². The highest BCUT2D eigenvalue weighted by Gasteiger charge is 2.01. The average Bonchev–Trinajstić information content (AvgIpc) is 2.13. The van der Waals surface area contributed by atoms with E-state index in [0.717, 1.165) is 21.9 Å². The third-order valence-electron chi connectivity index (χ3n) is 2.30. The molecule has 1 N–H and O–H groups in total. The van der Waals surface area contributed by atoms with Gasteiger partial charge in [0.1, 0.15) is 16.2 Å². The summed E-state index contributed by atoms with van der Waals surface area (Å²) in [4.78, 5) is 8.51. The van der Waals surface area contributed by atoms with Crippen molar-refractivity contribution in [1.82, 2.24) is 9.97 Å².